The molecule has 3 aromatic carbocycles. The van der Waals surface area contributed by atoms with Crippen molar-refractivity contribution in [1.82, 2.24) is 5.32 Å². The van der Waals surface area contributed by atoms with Gasteiger partial charge in [-0.25, -0.2) is 9.59 Å². The van der Waals surface area contributed by atoms with Crippen molar-refractivity contribution in [2.24, 2.45) is 11.5 Å². The van der Waals surface area contributed by atoms with Crippen LogP contribution in [0, 0.1) is 10.8 Å². The summed E-state index contributed by atoms with van der Waals surface area (Å²) in [5, 5.41) is 32.1. The summed E-state index contributed by atoms with van der Waals surface area (Å²) in [6.07, 6.45) is -10.2. The van der Waals surface area contributed by atoms with Crippen LogP contribution >= 0.6 is 0 Å². The second-order valence-electron chi connectivity index (χ2n) is 7.94. The lowest BCUT2D eigenvalue weighted by atomic mass is 9.98. The summed E-state index contributed by atoms with van der Waals surface area (Å²) in [5.41, 5.74) is 15.4. The maximum Gasteiger partial charge on any atom is 0.490 e. The highest BCUT2D eigenvalue weighted by Crippen LogP contribution is 2.24. The number of hydrogen-bond acceptors (Lipinski definition) is 5. The second kappa shape index (κ2) is 14.8. The molecule has 0 atom stereocenters. The third-order valence-electron chi connectivity index (χ3n) is 4.88. The molecule has 0 aliphatic rings. The molecule has 16 heteroatoms. The van der Waals surface area contributed by atoms with Gasteiger partial charge in [0.1, 0.15) is 11.7 Å². The Morgan fingerprint density at radius 1 is 0.690 bits per heavy atom. The number of carboxylic acids is 2. The number of hydrogen-bond donors (Lipinski definition) is 7. The van der Waals surface area contributed by atoms with Crippen molar-refractivity contribution in [3.05, 3.63) is 95.1 Å². The van der Waals surface area contributed by atoms with E-state index in [1.165, 1.54) is 0 Å². The molecule has 0 aromatic heterocycles. The van der Waals surface area contributed by atoms with E-state index in [9.17, 15) is 31.1 Å². The van der Waals surface area contributed by atoms with Gasteiger partial charge in [0.2, 0.25) is 0 Å². The molecule has 9 N–H and O–H groups in total. The number of nitrogens with one attached hydrogen (secondary N) is 3. The van der Waals surface area contributed by atoms with Gasteiger partial charge < -0.3 is 27.0 Å². The zero-order valence-corrected chi connectivity index (χ0v) is 21.2. The van der Waals surface area contributed by atoms with Crippen LogP contribution in [0.4, 0.5) is 26.3 Å². The molecule has 0 saturated heterocycles. The molecule has 0 unspecified atom stereocenters. The molecule has 0 radical (unpaired) electrons. The molecule has 3 rings (SSSR count). The van der Waals surface area contributed by atoms with Gasteiger partial charge in [-0.3, -0.25) is 15.6 Å². The van der Waals surface area contributed by atoms with Gasteiger partial charge >= 0.3 is 24.3 Å². The van der Waals surface area contributed by atoms with Crippen molar-refractivity contribution in [2.45, 2.75) is 18.9 Å². The zero-order chi connectivity index (χ0) is 32.3. The van der Waals surface area contributed by atoms with Crippen molar-refractivity contribution < 1.29 is 50.9 Å². The van der Waals surface area contributed by atoms with Crippen LogP contribution in [0.1, 0.15) is 27.0 Å². The zero-order valence-electron chi connectivity index (χ0n) is 21.2. The third-order valence-corrected chi connectivity index (χ3v) is 4.88. The van der Waals surface area contributed by atoms with Crippen molar-refractivity contribution in [3.8, 4) is 11.1 Å². The number of rotatable bonds is 6. The first kappa shape index (κ1) is 34.6. The summed E-state index contributed by atoms with van der Waals surface area (Å²) in [6.45, 7) is 0.370. The van der Waals surface area contributed by atoms with Gasteiger partial charge in [-0.05, 0) is 22.8 Å². The number of alkyl halides is 6. The van der Waals surface area contributed by atoms with E-state index in [0.717, 1.165) is 16.7 Å². The van der Waals surface area contributed by atoms with Gasteiger partial charge in [-0.15, -0.1) is 0 Å². The predicted octanol–water partition coefficient (Wildman–Crippen LogP) is 4.12. The Hall–Kier alpha value is -5.41. The Morgan fingerprint density at radius 3 is 1.45 bits per heavy atom. The lowest BCUT2D eigenvalue weighted by molar-refractivity contribution is -0.193. The normalized spacial score (nSPS) is 10.6. The average molecular weight is 599 g/mol. The molecule has 0 spiro atoms. The van der Waals surface area contributed by atoms with E-state index in [1.54, 1.807) is 30.3 Å². The molecule has 0 aliphatic heterocycles. The second-order valence-corrected chi connectivity index (χ2v) is 7.94. The largest absolute Gasteiger partial charge is 0.490 e. The molecule has 0 bridgehead atoms. The predicted molar refractivity (Wildman–Crippen MR) is 139 cm³/mol. The number of carboxylic acid groups (broad SMARTS) is 2. The summed E-state index contributed by atoms with van der Waals surface area (Å²) < 4.78 is 63.5. The molecular formula is C26H23F6N5O5. The molecule has 10 nitrogen and oxygen atoms in total. The number of nitrogen functional groups attached to an aromatic ring is 2. The van der Waals surface area contributed by atoms with Crippen LogP contribution in [0.15, 0.2) is 72.8 Å². The van der Waals surface area contributed by atoms with E-state index < -0.39 is 24.3 Å². The van der Waals surface area contributed by atoms with Crippen molar-refractivity contribution in [1.29, 1.82) is 10.8 Å². The van der Waals surface area contributed by atoms with E-state index in [2.05, 4.69) is 5.32 Å². The lowest BCUT2D eigenvalue weighted by Gasteiger charge is -2.11. The molecule has 3 aromatic rings. The van der Waals surface area contributed by atoms with Gasteiger partial charge in [0.05, 0.1) is 0 Å². The fourth-order valence-corrected chi connectivity index (χ4v) is 2.84. The first-order chi connectivity index (χ1) is 19.3. The number of aliphatic carboxylic acids is 2. The van der Waals surface area contributed by atoms with Crippen LogP contribution < -0.4 is 16.8 Å². The van der Waals surface area contributed by atoms with E-state index >= 15 is 0 Å². The number of halogens is 6. The SMILES string of the molecule is N=C(N)c1ccc(CNC(=O)c2ccccc2-c2ccc(C(=N)N)cc2)cc1.O=C(O)C(F)(F)F.O=C(O)C(F)(F)F. The molecule has 0 fully saturated rings. The fraction of sp³-hybridized carbons (Fsp3) is 0.115. The highest BCUT2D eigenvalue weighted by Gasteiger charge is 2.38. The number of amides is 1. The number of carbonyl (C=O) groups is 3. The van der Waals surface area contributed by atoms with Crippen molar-refractivity contribution >= 4 is 29.5 Å². The number of benzene rings is 3. The van der Waals surface area contributed by atoms with E-state index in [4.69, 9.17) is 42.1 Å². The summed E-state index contributed by atoms with van der Waals surface area (Å²) in [4.78, 5) is 30.5. The lowest BCUT2D eigenvalue weighted by Crippen LogP contribution is -2.23. The van der Waals surface area contributed by atoms with Gasteiger partial charge in [-0.2, -0.15) is 26.3 Å². The number of carbonyl (C=O) groups excluding carboxylic acids is 1. The number of amidine groups is 2. The van der Waals surface area contributed by atoms with Gasteiger partial charge in [0.15, 0.2) is 0 Å². The minimum absolute atomic E-state index is 0.00775. The Bertz CT molecular complexity index is 1400. The third kappa shape index (κ3) is 11.4. The Balaban J connectivity index is 0.000000522. The van der Waals surface area contributed by atoms with Gasteiger partial charge in [0, 0.05) is 23.2 Å². The molecule has 0 aliphatic carbocycles. The molecule has 0 heterocycles. The van der Waals surface area contributed by atoms with Crippen LogP contribution in [-0.2, 0) is 16.1 Å². The van der Waals surface area contributed by atoms with E-state index in [0.29, 0.717) is 23.2 Å². The fourth-order valence-electron chi connectivity index (χ4n) is 2.84. The first-order valence-electron chi connectivity index (χ1n) is 11.2. The number of nitrogens with two attached hydrogens (primary N) is 2. The van der Waals surface area contributed by atoms with Crippen LogP contribution in [0.25, 0.3) is 11.1 Å². The monoisotopic (exact) mass is 599 g/mol. The first-order valence-corrected chi connectivity index (χ1v) is 11.2. The van der Waals surface area contributed by atoms with Crippen molar-refractivity contribution in [2.75, 3.05) is 0 Å². The summed E-state index contributed by atoms with van der Waals surface area (Å²) in [6, 6.07) is 21.8. The standard InChI is InChI=1S/C22H21N5O.2C2HF3O2/c23-20(24)16-7-5-14(6-8-16)13-27-22(28)19-4-2-1-3-18(19)15-9-11-17(12-10-15)21(25)26;2*3-2(4,5)1(6)7/h1-12H,13H2,(H3,23,24)(H3,25,26)(H,27,28);2*(H,6,7). The maximum atomic E-state index is 12.7. The van der Waals surface area contributed by atoms with Gasteiger partial charge in [0.25, 0.3) is 5.91 Å². The van der Waals surface area contributed by atoms with E-state index in [1.807, 2.05) is 42.5 Å². The average Bonchev–Trinajstić information content (AvgIpc) is 2.91. The molecule has 42 heavy (non-hydrogen) atoms. The van der Waals surface area contributed by atoms with Crippen LogP contribution in [0.3, 0.4) is 0 Å². The smallest absolute Gasteiger partial charge is 0.475 e. The quantitative estimate of drug-likeness (QED) is 0.125. The Labute approximate surface area is 233 Å². The molecule has 0 saturated carbocycles. The molecular weight excluding hydrogens is 576 g/mol. The molecule has 1 amide bonds. The summed E-state index contributed by atoms with van der Waals surface area (Å²) in [7, 11) is 0. The highest BCUT2D eigenvalue weighted by atomic mass is 19.4. The summed E-state index contributed by atoms with van der Waals surface area (Å²) in [5.74, 6) is -5.67. The van der Waals surface area contributed by atoms with Crippen LogP contribution in [0.5, 0.6) is 0 Å². The summed E-state index contributed by atoms with van der Waals surface area (Å²) >= 11 is 0. The Kier molecular flexibility index (Phi) is 12.2. The topological polar surface area (TPSA) is 203 Å². The van der Waals surface area contributed by atoms with E-state index in [-0.39, 0.29) is 17.6 Å². The Morgan fingerprint density at radius 2 is 1.07 bits per heavy atom. The minimum Gasteiger partial charge on any atom is -0.475 e. The molecule has 224 valence electrons. The van der Waals surface area contributed by atoms with Crippen molar-refractivity contribution in [3.63, 3.8) is 0 Å². The highest BCUT2D eigenvalue weighted by molar-refractivity contribution is 6.01. The van der Waals surface area contributed by atoms with Crippen LogP contribution in [0.2, 0.25) is 0 Å². The minimum atomic E-state index is -5.08. The van der Waals surface area contributed by atoms with Crippen LogP contribution in [-0.4, -0.2) is 52.1 Å². The maximum absolute atomic E-state index is 12.7. The van der Waals surface area contributed by atoms with Gasteiger partial charge in [-0.1, -0.05) is 66.7 Å².